The van der Waals surface area contributed by atoms with Gasteiger partial charge >= 0.3 is 0 Å². The number of halogens is 1. The van der Waals surface area contributed by atoms with Gasteiger partial charge in [-0.25, -0.2) is 4.98 Å². The number of thiol groups is 1. The van der Waals surface area contributed by atoms with Crippen LogP contribution in [0.5, 0.6) is 0 Å². The largest absolute Gasteiger partial charge is 0.287 e. The van der Waals surface area contributed by atoms with Crippen molar-refractivity contribution in [3.8, 4) is 5.82 Å². The molecule has 2 heterocycles. The minimum Gasteiger partial charge on any atom is -0.283 e. The van der Waals surface area contributed by atoms with E-state index < -0.39 is 0 Å². The smallest absolute Gasteiger partial charge is 0.283 e. The second kappa shape index (κ2) is 4.80. The van der Waals surface area contributed by atoms with Gasteiger partial charge in [0.1, 0.15) is 10.0 Å². The molecule has 0 aliphatic carbocycles. The van der Waals surface area contributed by atoms with Crippen LogP contribution in [0.25, 0.3) is 5.82 Å². The Kier molecular flexibility index (Phi) is 3.56. The molecule has 0 N–H and O–H groups in total. The summed E-state index contributed by atoms with van der Waals surface area (Å²) in [5.41, 5.74) is 0.705. The predicted octanol–water partition coefficient (Wildman–Crippen LogP) is 2.47. The molecule has 7 heteroatoms. The minimum absolute atomic E-state index is 0.139. The maximum Gasteiger partial charge on any atom is 0.287 e. The van der Waals surface area contributed by atoms with Crippen LogP contribution in [0.1, 0.15) is 5.69 Å². The van der Waals surface area contributed by atoms with Gasteiger partial charge in [0.05, 0.1) is 5.69 Å². The van der Waals surface area contributed by atoms with E-state index in [9.17, 15) is 4.79 Å². The SMILES string of the molecule is Cc1c(SS)c(=O)n(-c2cccc(Cl)n2)n1C. The monoisotopic (exact) mass is 287 g/mol. The average Bonchev–Trinajstić information content (AvgIpc) is 2.50. The molecule has 2 aromatic rings. The Morgan fingerprint density at radius 1 is 1.47 bits per heavy atom. The first kappa shape index (κ1) is 12.6. The average molecular weight is 288 g/mol. The predicted molar refractivity (Wildman–Crippen MR) is 73.4 cm³/mol. The van der Waals surface area contributed by atoms with Crippen LogP contribution in [-0.2, 0) is 7.05 Å². The number of aromatic nitrogens is 3. The Morgan fingerprint density at radius 2 is 2.18 bits per heavy atom. The molecule has 0 amide bonds. The van der Waals surface area contributed by atoms with Gasteiger partial charge in [0.15, 0.2) is 5.82 Å². The Balaban J connectivity index is 2.73. The molecule has 90 valence electrons. The summed E-state index contributed by atoms with van der Waals surface area (Å²) in [6.07, 6.45) is 0. The van der Waals surface area contributed by atoms with Crippen molar-refractivity contribution in [1.29, 1.82) is 0 Å². The molecule has 0 atom stereocenters. The molecule has 0 radical (unpaired) electrons. The summed E-state index contributed by atoms with van der Waals surface area (Å²) in [4.78, 5) is 16.9. The molecule has 0 fully saturated rings. The van der Waals surface area contributed by atoms with E-state index in [2.05, 4.69) is 16.6 Å². The molecule has 4 nitrogen and oxygen atoms in total. The molecule has 0 aliphatic rings. The lowest BCUT2D eigenvalue weighted by atomic mass is 10.4. The van der Waals surface area contributed by atoms with Gasteiger partial charge in [0, 0.05) is 7.05 Å². The zero-order chi connectivity index (χ0) is 12.6. The molecule has 0 aromatic carbocycles. The fourth-order valence-corrected chi connectivity index (χ4v) is 2.78. The fourth-order valence-electron chi connectivity index (χ4n) is 1.56. The van der Waals surface area contributed by atoms with Gasteiger partial charge in [-0.3, -0.25) is 9.48 Å². The van der Waals surface area contributed by atoms with Gasteiger partial charge in [-0.1, -0.05) is 28.5 Å². The molecule has 2 aromatic heterocycles. The van der Waals surface area contributed by atoms with Crippen LogP contribution in [0.15, 0.2) is 27.9 Å². The lowest BCUT2D eigenvalue weighted by Crippen LogP contribution is -2.21. The topological polar surface area (TPSA) is 39.8 Å². The van der Waals surface area contributed by atoms with Crippen molar-refractivity contribution >= 4 is 34.1 Å². The lowest BCUT2D eigenvalue weighted by Gasteiger charge is -2.06. The first-order chi connectivity index (χ1) is 8.06. The Hall–Kier alpha value is -0.850. The molecular weight excluding hydrogens is 278 g/mol. The summed E-state index contributed by atoms with van der Waals surface area (Å²) in [6.45, 7) is 1.86. The van der Waals surface area contributed by atoms with Crippen LogP contribution in [0.4, 0.5) is 0 Å². The number of nitrogens with zero attached hydrogens (tertiary/aromatic N) is 3. The zero-order valence-corrected chi connectivity index (χ0v) is 11.7. The summed E-state index contributed by atoms with van der Waals surface area (Å²) >= 11 is 9.91. The van der Waals surface area contributed by atoms with Crippen LogP contribution in [0.2, 0.25) is 5.15 Å². The molecule has 0 saturated heterocycles. The maximum atomic E-state index is 12.1. The molecule has 0 spiro atoms. The standard InChI is InChI=1S/C10H10ClN3OS2/c1-6-9(17-16)10(15)14(13(6)2)8-5-3-4-7(11)12-8/h3-5,16H,1-2H3. The van der Waals surface area contributed by atoms with E-state index in [0.29, 0.717) is 15.9 Å². The van der Waals surface area contributed by atoms with Gasteiger partial charge in [0.25, 0.3) is 5.56 Å². The first-order valence-electron chi connectivity index (χ1n) is 4.79. The van der Waals surface area contributed by atoms with Crippen molar-refractivity contribution in [1.82, 2.24) is 14.3 Å². The number of hydrogen-bond acceptors (Lipinski definition) is 4. The number of rotatable bonds is 2. The lowest BCUT2D eigenvalue weighted by molar-refractivity contribution is 0.618. The van der Waals surface area contributed by atoms with E-state index in [0.717, 1.165) is 16.5 Å². The van der Waals surface area contributed by atoms with E-state index in [4.69, 9.17) is 11.6 Å². The number of hydrogen-bond donors (Lipinski definition) is 1. The highest BCUT2D eigenvalue weighted by atomic mass is 35.5. The van der Waals surface area contributed by atoms with Crippen molar-refractivity contribution in [3.63, 3.8) is 0 Å². The van der Waals surface area contributed by atoms with Crippen molar-refractivity contribution < 1.29 is 0 Å². The Labute approximate surface area is 112 Å². The highest BCUT2D eigenvalue weighted by molar-refractivity contribution is 8.68. The molecule has 0 saturated carbocycles. The molecular formula is C10H10ClN3OS2. The second-order valence-corrected chi connectivity index (χ2v) is 4.99. The number of pyridine rings is 1. The quantitative estimate of drug-likeness (QED) is 0.524. The molecule has 2 rings (SSSR count). The second-order valence-electron chi connectivity index (χ2n) is 3.46. The van der Waals surface area contributed by atoms with Crippen LogP contribution in [-0.4, -0.2) is 14.3 Å². The van der Waals surface area contributed by atoms with E-state index in [1.807, 2.05) is 6.92 Å². The van der Waals surface area contributed by atoms with Gasteiger partial charge in [0.2, 0.25) is 0 Å². The summed E-state index contributed by atoms with van der Waals surface area (Å²) in [6, 6.07) is 5.16. The van der Waals surface area contributed by atoms with Crippen molar-refractivity contribution in [2.45, 2.75) is 11.8 Å². The summed E-state index contributed by atoms with van der Waals surface area (Å²) in [5.74, 6) is 0.502. The Morgan fingerprint density at radius 3 is 2.71 bits per heavy atom. The summed E-state index contributed by atoms with van der Waals surface area (Å²) in [7, 11) is 2.93. The third kappa shape index (κ3) is 2.12. The van der Waals surface area contributed by atoms with Crippen molar-refractivity contribution in [2.75, 3.05) is 0 Å². The van der Waals surface area contributed by atoms with E-state index >= 15 is 0 Å². The summed E-state index contributed by atoms with van der Waals surface area (Å²) < 4.78 is 3.21. The minimum atomic E-state index is -0.139. The van der Waals surface area contributed by atoms with Crippen LogP contribution in [0, 0.1) is 6.92 Å². The highest BCUT2D eigenvalue weighted by Gasteiger charge is 2.16. The molecule has 17 heavy (non-hydrogen) atoms. The van der Waals surface area contributed by atoms with Crippen LogP contribution >= 0.6 is 34.1 Å². The fraction of sp³-hybridized carbons (Fsp3) is 0.200. The van der Waals surface area contributed by atoms with Gasteiger partial charge in [-0.15, -0.1) is 11.7 Å². The van der Waals surface area contributed by atoms with Crippen molar-refractivity contribution in [2.24, 2.45) is 7.05 Å². The van der Waals surface area contributed by atoms with Gasteiger partial charge in [-0.2, -0.15) is 4.68 Å². The van der Waals surface area contributed by atoms with Crippen LogP contribution in [0.3, 0.4) is 0 Å². The van der Waals surface area contributed by atoms with E-state index in [1.54, 1.807) is 29.9 Å². The van der Waals surface area contributed by atoms with Crippen molar-refractivity contribution in [3.05, 3.63) is 39.4 Å². The first-order valence-corrected chi connectivity index (χ1v) is 7.04. The normalized spacial score (nSPS) is 10.8. The van der Waals surface area contributed by atoms with Gasteiger partial charge < -0.3 is 0 Å². The maximum absolute atomic E-state index is 12.1. The van der Waals surface area contributed by atoms with Gasteiger partial charge in [-0.05, 0) is 19.1 Å². The van der Waals surface area contributed by atoms with E-state index in [-0.39, 0.29) is 5.56 Å². The highest BCUT2D eigenvalue weighted by Crippen LogP contribution is 2.22. The molecule has 0 bridgehead atoms. The third-order valence-electron chi connectivity index (χ3n) is 2.51. The molecule has 0 unspecified atom stereocenters. The Bertz CT molecular complexity index is 620. The molecule has 0 aliphatic heterocycles. The van der Waals surface area contributed by atoms with E-state index in [1.165, 1.54) is 4.68 Å². The third-order valence-corrected chi connectivity index (χ3v) is 3.92. The van der Waals surface area contributed by atoms with Crippen LogP contribution < -0.4 is 5.56 Å². The summed E-state index contributed by atoms with van der Waals surface area (Å²) in [5, 5.41) is 0.355. The zero-order valence-electron chi connectivity index (χ0n) is 9.22.